The van der Waals surface area contributed by atoms with E-state index in [0.29, 0.717) is 17.3 Å². The summed E-state index contributed by atoms with van der Waals surface area (Å²) in [6.07, 6.45) is 2.04. The van der Waals surface area contributed by atoms with Gasteiger partial charge in [-0.2, -0.15) is 0 Å². The van der Waals surface area contributed by atoms with E-state index >= 15 is 0 Å². The topological polar surface area (TPSA) is 59.3 Å². The lowest BCUT2D eigenvalue weighted by Gasteiger charge is -1.97. The zero-order chi connectivity index (χ0) is 9.84. The van der Waals surface area contributed by atoms with Crippen molar-refractivity contribution < 1.29 is 9.90 Å². The SMILES string of the molecule is O=C(O)CCCn1cc(Cl)sc1=O. The first-order chi connectivity index (χ1) is 6.09. The molecule has 4 nitrogen and oxygen atoms in total. The number of carbonyl (C=O) groups is 1. The second-order valence-electron chi connectivity index (χ2n) is 2.49. The summed E-state index contributed by atoms with van der Waals surface area (Å²) in [6.45, 7) is 0.411. The van der Waals surface area contributed by atoms with Gasteiger partial charge in [-0.3, -0.25) is 9.59 Å². The number of aliphatic carboxylic acids is 1. The molecule has 0 radical (unpaired) electrons. The van der Waals surface area contributed by atoms with E-state index in [1.54, 1.807) is 0 Å². The maximum atomic E-state index is 11.1. The van der Waals surface area contributed by atoms with Crippen LogP contribution in [0.3, 0.4) is 0 Å². The molecule has 13 heavy (non-hydrogen) atoms. The number of nitrogens with zero attached hydrogens (tertiary/aromatic N) is 1. The second-order valence-corrected chi connectivity index (χ2v) is 4.12. The van der Waals surface area contributed by atoms with Gasteiger partial charge in [0.1, 0.15) is 4.34 Å². The molecule has 0 saturated carbocycles. The minimum absolute atomic E-state index is 0.0694. The zero-order valence-electron chi connectivity index (χ0n) is 6.70. The van der Waals surface area contributed by atoms with E-state index < -0.39 is 5.97 Å². The van der Waals surface area contributed by atoms with Gasteiger partial charge in [0, 0.05) is 19.2 Å². The van der Waals surface area contributed by atoms with Crippen LogP contribution in [0.25, 0.3) is 0 Å². The van der Waals surface area contributed by atoms with Crippen molar-refractivity contribution >= 4 is 28.9 Å². The molecule has 0 spiro atoms. The molecule has 0 fully saturated rings. The molecule has 0 atom stereocenters. The Bertz CT molecular complexity index is 357. The third kappa shape index (κ3) is 3.20. The van der Waals surface area contributed by atoms with E-state index in [1.807, 2.05) is 0 Å². The first-order valence-corrected chi connectivity index (χ1v) is 4.86. The summed E-state index contributed by atoms with van der Waals surface area (Å²) in [5, 5.41) is 8.36. The van der Waals surface area contributed by atoms with Gasteiger partial charge in [0.15, 0.2) is 0 Å². The summed E-state index contributed by atoms with van der Waals surface area (Å²) in [5.74, 6) is -0.852. The molecule has 72 valence electrons. The quantitative estimate of drug-likeness (QED) is 0.837. The number of carboxylic acids is 1. The fraction of sp³-hybridized carbons (Fsp3) is 0.429. The number of halogens is 1. The normalized spacial score (nSPS) is 10.2. The highest BCUT2D eigenvalue weighted by atomic mass is 35.5. The Morgan fingerprint density at radius 2 is 2.38 bits per heavy atom. The van der Waals surface area contributed by atoms with Crippen molar-refractivity contribution in [1.29, 1.82) is 0 Å². The Morgan fingerprint density at radius 1 is 1.69 bits per heavy atom. The maximum absolute atomic E-state index is 11.1. The van der Waals surface area contributed by atoms with Gasteiger partial charge in [-0.25, -0.2) is 0 Å². The molecule has 0 saturated heterocycles. The van der Waals surface area contributed by atoms with Crippen molar-refractivity contribution in [3.05, 3.63) is 20.2 Å². The molecule has 0 bridgehead atoms. The minimum atomic E-state index is -0.852. The van der Waals surface area contributed by atoms with Crippen LogP contribution in [0.1, 0.15) is 12.8 Å². The van der Waals surface area contributed by atoms with Gasteiger partial charge in [0.25, 0.3) is 0 Å². The van der Waals surface area contributed by atoms with E-state index in [2.05, 4.69) is 0 Å². The maximum Gasteiger partial charge on any atom is 0.308 e. The highest BCUT2D eigenvalue weighted by molar-refractivity contribution is 7.13. The average Bonchev–Trinajstić information content (AvgIpc) is 2.29. The predicted octanol–water partition coefficient (Wildman–Crippen LogP) is 1.43. The minimum Gasteiger partial charge on any atom is -0.481 e. The van der Waals surface area contributed by atoms with Crippen molar-refractivity contribution in [1.82, 2.24) is 4.57 Å². The second kappa shape index (κ2) is 4.43. The van der Waals surface area contributed by atoms with Crippen LogP contribution in [0.2, 0.25) is 4.34 Å². The number of carboxylic acid groups (broad SMARTS) is 1. The lowest BCUT2D eigenvalue weighted by Crippen LogP contribution is -2.12. The molecule has 1 heterocycles. The van der Waals surface area contributed by atoms with Gasteiger partial charge in [0.05, 0.1) is 0 Å². The number of hydrogen-bond acceptors (Lipinski definition) is 3. The third-order valence-electron chi connectivity index (χ3n) is 1.47. The molecular formula is C7H8ClNO3S. The van der Waals surface area contributed by atoms with Gasteiger partial charge in [0.2, 0.25) is 0 Å². The number of aromatic nitrogens is 1. The Balaban J connectivity index is 2.50. The van der Waals surface area contributed by atoms with Crippen molar-refractivity contribution in [2.24, 2.45) is 0 Å². The molecule has 0 amide bonds. The lowest BCUT2D eigenvalue weighted by atomic mass is 10.3. The molecule has 6 heteroatoms. The summed E-state index contributed by atoms with van der Waals surface area (Å²) in [5.41, 5.74) is 0. The predicted molar refractivity (Wildman–Crippen MR) is 50.5 cm³/mol. The summed E-state index contributed by atoms with van der Waals surface area (Å²) in [4.78, 5) is 21.1. The van der Waals surface area contributed by atoms with Crippen molar-refractivity contribution in [2.75, 3.05) is 0 Å². The van der Waals surface area contributed by atoms with E-state index in [-0.39, 0.29) is 11.3 Å². The van der Waals surface area contributed by atoms with Crippen molar-refractivity contribution in [3.8, 4) is 0 Å². The molecule has 0 aliphatic rings. The zero-order valence-corrected chi connectivity index (χ0v) is 8.27. The molecule has 1 rings (SSSR count). The Kier molecular flexibility index (Phi) is 3.50. The Labute approximate surface area is 83.4 Å². The first-order valence-electron chi connectivity index (χ1n) is 3.67. The monoisotopic (exact) mass is 221 g/mol. The largest absolute Gasteiger partial charge is 0.481 e. The number of rotatable bonds is 4. The third-order valence-corrected chi connectivity index (χ3v) is 2.50. The first kappa shape index (κ1) is 10.3. The van der Waals surface area contributed by atoms with E-state index in [9.17, 15) is 9.59 Å². The molecule has 0 unspecified atom stereocenters. The number of aryl methyl sites for hydroxylation is 1. The molecular weight excluding hydrogens is 214 g/mol. The van der Waals surface area contributed by atoms with E-state index in [4.69, 9.17) is 16.7 Å². The van der Waals surface area contributed by atoms with Crippen LogP contribution >= 0.6 is 22.9 Å². The van der Waals surface area contributed by atoms with Gasteiger partial charge in [-0.1, -0.05) is 22.9 Å². The number of hydrogen-bond donors (Lipinski definition) is 1. The highest BCUT2D eigenvalue weighted by Gasteiger charge is 2.02. The van der Waals surface area contributed by atoms with Gasteiger partial charge < -0.3 is 9.67 Å². The van der Waals surface area contributed by atoms with Crippen LogP contribution in [-0.2, 0) is 11.3 Å². The highest BCUT2D eigenvalue weighted by Crippen LogP contribution is 2.10. The molecule has 1 aromatic heterocycles. The summed E-state index contributed by atoms with van der Waals surface area (Å²) in [6, 6.07) is 0. The summed E-state index contributed by atoms with van der Waals surface area (Å²) in [7, 11) is 0. The van der Waals surface area contributed by atoms with Crippen LogP contribution in [0.5, 0.6) is 0 Å². The van der Waals surface area contributed by atoms with Crippen LogP contribution in [0.15, 0.2) is 11.0 Å². The lowest BCUT2D eigenvalue weighted by molar-refractivity contribution is -0.137. The van der Waals surface area contributed by atoms with Crippen LogP contribution in [0, 0.1) is 0 Å². The van der Waals surface area contributed by atoms with Crippen LogP contribution in [0.4, 0.5) is 0 Å². The van der Waals surface area contributed by atoms with E-state index in [1.165, 1.54) is 10.8 Å². The fourth-order valence-corrected chi connectivity index (χ4v) is 1.82. The number of thiazole rings is 1. The Hall–Kier alpha value is -0.810. The Morgan fingerprint density at radius 3 is 2.85 bits per heavy atom. The molecule has 0 aliphatic heterocycles. The molecule has 0 aliphatic carbocycles. The van der Waals surface area contributed by atoms with Crippen molar-refractivity contribution in [3.63, 3.8) is 0 Å². The standard InChI is InChI=1S/C7H8ClNO3S/c8-5-4-9(7(12)13-5)3-1-2-6(10)11/h4H,1-3H2,(H,10,11). The van der Waals surface area contributed by atoms with Crippen LogP contribution < -0.4 is 4.87 Å². The van der Waals surface area contributed by atoms with Crippen LogP contribution in [-0.4, -0.2) is 15.6 Å². The van der Waals surface area contributed by atoms with Crippen molar-refractivity contribution in [2.45, 2.75) is 19.4 Å². The van der Waals surface area contributed by atoms with Gasteiger partial charge in [-0.15, -0.1) is 0 Å². The molecule has 1 aromatic rings. The van der Waals surface area contributed by atoms with E-state index in [0.717, 1.165) is 11.3 Å². The fourth-order valence-electron chi connectivity index (χ4n) is 0.900. The summed E-state index contributed by atoms with van der Waals surface area (Å²) >= 11 is 6.54. The molecule has 1 N–H and O–H groups in total. The molecule has 0 aromatic carbocycles. The van der Waals surface area contributed by atoms with Gasteiger partial charge >= 0.3 is 10.8 Å². The summed E-state index contributed by atoms with van der Waals surface area (Å²) < 4.78 is 1.86. The average molecular weight is 222 g/mol. The smallest absolute Gasteiger partial charge is 0.308 e. The van der Waals surface area contributed by atoms with Gasteiger partial charge in [-0.05, 0) is 6.42 Å².